The number of carbonyl (C=O) groups excluding carboxylic acids is 1. The van der Waals surface area contributed by atoms with Gasteiger partial charge in [0.25, 0.3) is 0 Å². The number of rotatable bonds is 5. The van der Waals surface area contributed by atoms with E-state index in [1.165, 1.54) is 0 Å². The van der Waals surface area contributed by atoms with Gasteiger partial charge >= 0.3 is 5.97 Å². The van der Waals surface area contributed by atoms with E-state index in [9.17, 15) is 4.79 Å². The maximum atomic E-state index is 11.8. The molecule has 1 aliphatic rings. The zero-order valence-corrected chi connectivity index (χ0v) is 15.3. The molecule has 5 nitrogen and oxygen atoms in total. The van der Waals surface area contributed by atoms with E-state index >= 15 is 0 Å². The average molecular weight is 434 g/mol. The highest BCUT2D eigenvalue weighted by Crippen LogP contribution is 2.39. The minimum absolute atomic E-state index is 0.0559. The first-order valence-electron chi connectivity index (χ1n) is 6.84. The number of ether oxygens (including phenoxy) is 4. The number of hydrogen-bond donors (Lipinski definition) is 0. The Hall–Kier alpha value is -1.63. The van der Waals surface area contributed by atoms with Gasteiger partial charge in [-0.25, -0.2) is 4.79 Å². The van der Waals surface area contributed by atoms with Crippen molar-refractivity contribution in [3.63, 3.8) is 0 Å². The summed E-state index contributed by atoms with van der Waals surface area (Å²) in [7, 11) is 0. The van der Waals surface area contributed by atoms with Gasteiger partial charge in [-0.15, -0.1) is 0 Å². The summed E-state index contributed by atoms with van der Waals surface area (Å²) in [6, 6.07) is 8.40. The van der Waals surface area contributed by atoms with Gasteiger partial charge in [0.15, 0.2) is 18.1 Å². The van der Waals surface area contributed by atoms with E-state index in [1.807, 2.05) is 0 Å². The van der Waals surface area contributed by atoms with Gasteiger partial charge in [0.2, 0.25) is 6.79 Å². The molecule has 3 rings (SSSR count). The van der Waals surface area contributed by atoms with Crippen molar-refractivity contribution in [3.8, 4) is 17.2 Å². The molecule has 0 radical (unpaired) electrons. The van der Waals surface area contributed by atoms with E-state index in [2.05, 4.69) is 15.9 Å². The van der Waals surface area contributed by atoms with Gasteiger partial charge in [0, 0.05) is 5.02 Å². The highest BCUT2D eigenvalue weighted by molar-refractivity contribution is 9.10. The molecule has 0 spiro atoms. The van der Waals surface area contributed by atoms with Gasteiger partial charge in [-0.05, 0) is 51.8 Å². The standard InChI is InChI=1S/C16H11BrCl2O5/c17-11-5-10(18)1-2-13(11)21-7-15(20)22-6-9-3-12(19)16-14(4-9)23-8-24-16/h1-5H,6-8H2. The van der Waals surface area contributed by atoms with Crippen LogP contribution in [0.5, 0.6) is 17.2 Å². The molecular formula is C16H11BrCl2O5. The summed E-state index contributed by atoms with van der Waals surface area (Å²) in [6.45, 7) is -0.0407. The summed E-state index contributed by atoms with van der Waals surface area (Å²) in [6.07, 6.45) is 0. The lowest BCUT2D eigenvalue weighted by Crippen LogP contribution is -2.15. The second-order valence-corrected chi connectivity index (χ2v) is 6.53. The highest BCUT2D eigenvalue weighted by atomic mass is 79.9. The zero-order valence-electron chi connectivity index (χ0n) is 12.2. The Kier molecular flexibility index (Phi) is 5.38. The zero-order chi connectivity index (χ0) is 17.1. The lowest BCUT2D eigenvalue weighted by molar-refractivity contribution is -0.147. The predicted molar refractivity (Wildman–Crippen MR) is 92.0 cm³/mol. The molecule has 2 aromatic carbocycles. The quantitative estimate of drug-likeness (QED) is 0.644. The normalized spacial score (nSPS) is 12.1. The molecule has 0 bridgehead atoms. The Balaban J connectivity index is 1.53. The molecule has 1 aliphatic heterocycles. The fourth-order valence-electron chi connectivity index (χ4n) is 2.04. The summed E-state index contributed by atoms with van der Waals surface area (Å²) in [4.78, 5) is 11.8. The van der Waals surface area contributed by atoms with E-state index in [-0.39, 0.29) is 20.0 Å². The molecule has 126 valence electrons. The minimum Gasteiger partial charge on any atom is -0.481 e. The van der Waals surface area contributed by atoms with Gasteiger partial charge in [0.1, 0.15) is 12.4 Å². The van der Waals surface area contributed by atoms with Crippen LogP contribution in [0.1, 0.15) is 5.56 Å². The molecule has 1 heterocycles. The number of carbonyl (C=O) groups is 1. The number of esters is 1. The van der Waals surface area contributed by atoms with E-state index in [4.69, 9.17) is 42.1 Å². The summed E-state index contributed by atoms with van der Waals surface area (Å²) in [5.74, 6) is 1.03. The molecule has 0 aliphatic carbocycles. The SMILES string of the molecule is O=C(COc1ccc(Cl)cc1Br)OCc1cc(Cl)c2c(c1)OCO2. The molecule has 0 unspecified atom stereocenters. The van der Waals surface area contributed by atoms with Gasteiger partial charge < -0.3 is 18.9 Å². The first kappa shape index (κ1) is 17.2. The topological polar surface area (TPSA) is 54.0 Å². The molecule has 0 saturated carbocycles. The van der Waals surface area contributed by atoms with Crippen LogP contribution in [0.15, 0.2) is 34.8 Å². The van der Waals surface area contributed by atoms with Crippen LogP contribution in [0.3, 0.4) is 0 Å². The van der Waals surface area contributed by atoms with Crippen LogP contribution in [0, 0.1) is 0 Å². The van der Waals surface area contributed by atoms with Crippen molar-refractivity contribution in [2.75, 3.05) is 13.4 Å². The van der Waals surface area contributed by atoms with Crippen LogP contribution in [0.4, 0.5) is 0 Å². The summed E-state index contributed by atoms with van der Waals surface area (Å²) < 4.78 is 21.7. The van der Waals surface area contributed by atoms with Crippen LogP contribution in [0.25, 0.3) is 0 Å². The van der Waals surface area contributed by atoms with Gasteiger partial charge in [-0.1, -0.05) is 23.2 Å². The first-order chi connectivity index (χ1) is 11.5. The molecule has 0 fully saturated rings. The second kappa shape index (κ2) is 7.51. The summed E-state index contributed by atoms with van der Waals surface area (Å²) in [5.41, 5.74) is 0.699. The monoisotopic (exact) mass is 432 g/mol. The molecule has 24 heavy (non-hydrogen) atoms. The lowest BCUT2D eigenvalue weighted by atomic mass is 10.2. The molecule has 2 aromatic rings. The fraction of sp³-hybridized carbons (Fsp3) is 0.188. The van der Waals surface area contributed by atoms with Crippen molar-refractivity contribution in [1.82, 2.24) is 0 Å². The fourth-order valence-corrected chi connectivity index (χ4v) is 3.12. The largest absolute Gasteiger partial charge is 0.481 e. The predicted octanol–water partition coefficient (Wildman–Crippen LogP) is 4.61. The molecule has 8 heteroatoms. The Morgan fingerprint density at radius 1 is 1.21 bits per heavy atom. The highest BCUT2D eigenvalue weighted by Gasteiger charge is 2.18. The number of hydrogen-bond acceptors (Lipinski definition) is 5. The summed E-state index contributed by atoms with van der Waals surface area (Å²) in [5, 5.41) is 0.980. The molecule has 0 atom stereocenters. The molecule has 0 amide bonds. The van der Waals surface area contributed by atoms with Crippen molar-refractivity contribution in [3.05, 3.63) is 50.4 Å². The van der Waals surface area contributed by atoms with Crippen LogP contribution in [-0.2, 0) is 16.1 Å². The number of halogens is 3. The average Bonchev–Trinajstić information content (AvgIpc) is 3.01. The van der Waals surface area contributed by atoms with E-state index < -0.39 is 5.97 Å². The van der Waals surface area contributed by atoms with Crippen molar-refractivity contribution in [2.24, 2.45) is 0 Å². The van der Waals surface area contributed by atoms with Crippen LogP contribution < -0.4 is 14.2 Å². The molecule has 0 aromatic heterocycles. The third-order valence-electron chi connectivity index (χ3n) is 3.13. The van der Waals surface area contributed by atoms with Gasteiger partial charge in [-0.3, -0.25) is 0 Å². The number of benzene rings is 2. The summed E-state index contributed by atoms with van der Waals surface area (Å²) >= 11 is 15.2. The minimum atomic E-state index is -0.509. The number of fused-ring (bicyclic) bond motifs is 1. The Morgan fingerprint density at radius 2 is 2.04 bits per heavy atom. The Labute approximate surface area is 156 Å². The third kappa shape index (κ3) is 4.06. The first-order valence-corrected chi connectivity index (χ1v) is 8.39. The van der Waals surface area contributed by atoms with Crippen molar-refractivity contribution in [2.45, 2.75) is 6.61 Å². The van der Waals surface area contributed by atoms with Gasteiger partial charge in [0.05, 0.1) is 9.50 Å². The maximum absolute atomic E-state index is 11.8. The Bertz CT molecular complexity index is 781. The van der Waals surface area contributed by atoms with Crippen molar-refractivity contribution >= 4 is 45.1 Å². The molecule has 0 saturated heterocycles. The Morgan fingerprint density at radius 3 is 2.83 bits per heavy atom. The van der Waals surface area contributed by atoms with Crippen LogP contribution >= 0.6 is 39.1 Å². The lowest BCUT2D eigenvalue weighted by Gasteiger charge is -2.09. The van der Waals surface area contributed by atoms with E-state index in [1.54, 1.807) is 30.3 Å². The van der Waals surface area contributed by atoms with Crippen LogP contribution in [0.2, 0.25) is 10.0 Å². The molecular weight excluding hydrogens is 423 g/mol. The maximum Gasteiger partial charge on any atom is 0.344 e. The van der Waals surface area contributed by atoms with Gasteiger partial charge in [-0.2, -0.15) is 0 Å². The van der Waals surface area contributed by atoms with Crippen LogP contribution in [-0.4, -0.2) is 19.4 Å². The molecule has 0 N–H and O–H groups in total. The second-order valence-electron chi connectivity index (χ2n) is 4.84. The van der Waals surface area contributed by atoms with Crippen molar-refractivity contribution < 1.29 is 23.7 Å². The third-order valence-corrected chi connectivity index (χ3v) is 4.26. The van der Waals surface area contributed by atoms with Crippen molar-refractivity contribution in [1.29, 1.82) is 0 Å². The van der Waals surface area contributed by atoms with E-state index in [0.29, 0.717) is 37.3 Å². The van der Waals surface area contributed by atoms with E-state index in [0.717, 1.165) is 0 Å². The smallest absolute Gasteiger partial charge is 0.344 e.